The average Bonchev–Trinajstić information content (AvgIpc) is 2.53. The number of aryl methyl sites for hydroxylation is 2. The highest BCUT2D eigenvalue weighted by Gasteiger charge is 2.25. The largest absolute Gasteiger partial charge is 0.341 e. The summed E-state index contributed by atoms with van der Waals surface area (Å²) in [6.45, 7) is 1.18. The lowest BCUT2D eigenvalue weighted by atomic mass is 9.90. The van der Waals surface area contributed by atoms with Crippen molar-refractivity contribution in [2.75, 3.05) is 19.3 Å². The maximum atomic E-state index is 12.6. The number of nitrogens with zero attached hydrogens (tertiary/aromatic N) is 1. The zero-order valence-corrected chi connectivity index (χ0v) is 15.1. The van der Waals surface area contributed by atoms with Gasteiger partial charge < -0.3 is 4.90 Å². The number of hydrogen-bond acceptors (Lipinski definition) is 3. The Morgan fingerprint density at radius 1 is 1.21 bits per heavy atom. The van der Waals surface area contributed by atoms with Crippen molar-refractivity contribution in [1.29, 1.82) is 0 Å². The van der Waals surface area contributed by atoms with Gasteiger partial charge in [-0.25, -0.2) is 13.1 Å². The number of rotatable bonds is 4. The van der Waals surface area contributed by atoms with E-state index in [4.69, 9.17) is 0 Å². The minimum Gasteiger partial charge on any atom is -0.341 e. The van der Waals surface area contributed by atoms with E-state index < -0.39 is 10.0 Å². The normalized spacial score (nSPS) is 21.4. The van der Waals surface area contributed by atoms with E-state index >= 15 is 0 Å². The van der Waals surface area contributed by atoms with Gasteiger partial charge in [-0.3, -0.25) is 4.79 Å². The molecule has 24 heavy (non-hydrogen) atoms. The monoisotopic (exact) mass is 350 g/mol. The average molecular weight is 350 g/mol. The third-order valence-electron chi connectivity index (χ3n) is 4.92. The van der Waals surface area contributed by atoms with Crippen LogP contribution in [-0.4, -0.2) is 44.6 Å². The molecule has 0 aromatic heterocycles. The summed E-state index contributed by atoms with van der Waals surface area (Å²) in [7, 11) is -3.23. The molecule has 1 fully saturated rings. The molecule has 0 radical (unpaired) electrons. The first kappa shape index (κ1) is 17.4. The SMILES string of the molecule is CS(=O)(=O)NC1CCCN(C(=O)Cc2ccc3c(c2)CCCC3)C1. The molecule has 1 saturated heterocycles. The van der Waals surface area contributed by atoms with Crippen LogP contribution in [0.2, 0.25) is 0 Å². The number of likely N-dealkylation sites (tertiary alicyclic amines) is 1. The van der Waals surface area contributed by atoms with Crippen LogP contribution in [0.25, 0.3) is 0 Å². The smallest absolute Gasteiger partial charge is 0.227 e. The van der Waals surface area contributed by atoms with Gasteiger partial charge in [-0.05, 0) is 55.2 Å². The topological polar surface area (TPSA) is 66.5 Å². The first-order valence-corrected chi connectivity index (χ1v) is 10.7. The molecule has 1 aliphatic heterocycles. The Balaban J connectivity index is 1.62. The van der Waals surface area contributed by atoms with E-state index in [-0.39, 0.29) is 11.9 Å². The number of nitrogens with one attached hydrogen (secondary N) is 1. The van der Waals surface area contributed by atoms with Crippen LogP contribution >= 0.6 is 0 Å². The number of amides is 1. The van der Waals surface area contributed by atoms with Gasteiger partial charge in [-0.1, -0.05) is 18.2 Å². The van der Waals surface area contributed by atoms with Gasteiger partial charge in [0, 0.05) is 19.1 Å². The highest BCUT2D eigenvalue weighted by atomic mass is 32.2. The zero-order valence-electron chi connectivity index (χ0n) is 14.3. The quantitative estimate of drug-likeness (QED) is 0.898. The fourth-order valence-corrected chi connectivity index (χ4v) is 4.58. The molecule has 1 N–H and O–H groups in total. The van der Waals surface area contributed by atoms with Crippen molar-refractivity contribution < 1.29 is 13.2 Å². The van der Waals surface area contributed by atoms with Gasteiger partial charge in [0.1, 0.15) is 0 Å². The van der Waals surface area contributed by atoms with Crippen LogP contribution in [0.3, 0.4) is 0 Å². The molecule has 0 bridgehead atoms. The minimum absolute atomic E-state index is 0.0887. The summed E-state index contributed by atoms with van der Waals surface area (Å²) in [5.41, 5.74) is 3.88. The molecule has 1 heterocycles. The third-order valence-corrected chi connectivity index (χ3v) is 5.68. The fourth-order valence-electron chi connectivity index (χ4n) is 3.79. The molecule has 132 valence electrons. The highest BCUT2D eigenvalue weighted by molar-refractivity contribution is 7.88. The van der Waals surface area contributed by atoms with E-state index in [0.717, 1.165) is 31.2 Å². The van der Waals surface area contributed by atoms with Crippen molar-refractivity contribution in [3.05, 3.63) is 34.9 Å². The summed E-state index contributed by atoms with van der Waals surface area (Å²) in [6, 6.07) is 6.25. The van der Waals surface area contributed by atoms with E-state index in [9.17, 15) is 13.2 Å². The van der Waals surface area contributed by atoms with Crippen molar-refractivity contribution in [2.24, 2.45) is 0 Å². The maximum absolute atomic E-state index is 12.6. The van der Waals surface area contributed by atoms with Crippen molar-refractivity contribution >= 4 is 15.9 Å². The van der Waals surface area contributed by atoms with Gasteiger partial charge in [0.2, 0.25) is 15.9 Å². The van der Waals surface area contributed by atoms with Gasteiger partial charge in [0.25, 0.3) is 0 Å². The molecule has 1 aromatic carbocycles. The second-order valence-electron chi connectivity index (χ2n) is 7.06. The molecule has 0 spiro atoms. The number of sulfonamides is 1. The van der Waals surface area contributed by atoms with E-state index in [1.165, 1.54) is 30.2 Å². The minimum atomic E-state index is -3.23. The standard InChI is InChI=1S/C18H26N2O3S/c1-24(22,23)19-17-7-4-10-20(13-17)18(21)12-14-8-9-15-5-2-3-6-16(15)11-14/h8-9,11,17,19H,2-7,10,12-13H2,1H3. The summed E-state index contributed by atoms with van der Waals surface area (Å²) in [4.78, 5) is 14.4. The van der Waals surface area contributed by atoms with Crippen LogP contribution in [0, 0.1) is 0 Å². The lowest BCUT2D eigenvalue weighted by Gasteiger charge is -2.33. The van der Waals surface area contributed by atoms with Gasteiger partial charge in [-0.15, -0.1) is 0 Å². The first-order chi connectivity index (χ1) is 11.4. The molecule has 5 nitrogen and oxygen atoms in total. The van der Waals surface area contributed by atoms with Crippen LogP contribution in [0.4, 0.5) is 0 Å². The van der Waals surface area contributed by atoms with E-state index in [2.05, 4.69) is 22.9 Å². The molecule has 1 amide bonds. The molecule has 1 aliphatic carbocycles. The Labute approximate surface area is 144 Å². The van der Waals surface area contributed by atoms with E-state index in [1.54, 1.807) is 4.90 Å². The number of piperidine rings is 1. The second-order valence-corrected chi connectivity index (χ2v) is 8.84. The van der Waals surface area contributed by atoms with Crippen LogP contribution in [0.15, 0.2) is 18.2 Å². The van der Waals surface area contributed by atoms with Crippen molar-refractivity contribution in [3.63, 3.8) is 0 Å². The van der Waals surface area contributed by atoms with Crippen LogP contribution in [-0.2, 0) is 34.1 Å². The molecule has 6 heteroatoms. The van der Waals surface area contributed by atoms with Crippen LogP contribution < -0.4 is 4.72 Å². The fraction of sp³-hybridized carbons (Fsp3) is 0.611. The zero-order chi connectivity index (χ0) is 17.2. The Morgan fingerprint density at radius 2 is 1.96 bits per heavy atom. The molecular weight excluding hydrogens is 324 g/mol. The van der Waals surface area contributed by atoms with Gasteiger partial charge >= 0.3 is 0 Å². The van der Waals surface area contributed by atoms with Gasteiger partial charge in [0.15, 0.2) is 0 Å². The Morgan fingerprint density at radius 3 is 2.71 bits per heavy atom. The Hall–Kier alpha value is -1.40. The summed E-state index contributed by atoms with van der Waals surface area (Å²) < 4.78 is 25.4. The Bertz CT molecular complexity index is 715. The summed E-state index contributed by atoms with van der Waals surface area (Å²) in [6.07, 6.45) is 7.94. The van der Waals surface area contributed by atoms with E-state index in [0.29, 0.717) is 19.5 Å². The van der Waals surface area contributed by atoms with Crippen LogP contribution in [0.1, 0.15) is 42.4 Å². The predicted octanol–water partition coefficient (Wildman–Crippen LogP) is 1.65. The third kappa shape index (κ3) is 4.57. The van der Waals surface area contributed by atoms with Crippen molar-refractivity contribution in [3.8, 4) is 0 Å². The van der Waals surface area contributed by atoms with Crippen molar-refractivity contribution in [2.45, 2.75) is 51.0 Å². The van der Waals surface area contributed by atoms with Gasteiger partial charge in [-0.2, -0.15) is 0 Å². The summed E-state index contributed by atoms with van der Waals surface area (Å²) in [5, 5.41) is 0. The van der Waals surface area contributed by atoms with E-state index in [1.807, 2.05) is 0 Å². The summed E-state index contributed by atoms with van der Waals surface area (Å²) >= 11 is 0. The van der Waals surface area contributed by atoms with Gasteiger partial charge in [0.05, 0.1) is 12.7 Å². The molecule has 1 atom stereocenters. The number of hydrogen-bond donors (Lipinski definition) is 1. The predicted molar refractivity (Wildman–Crippen MR) is 94.4 cm³/mol. The molecule has 2 aliphatic rings. The van der Waals surface area contributed by atoms with Crippen molar-refractivity contribution in [1.82, 2.24) is 9.62 Å². The number of carbonyl (C=O) groups excluding carboxylic acids is 1. The number of fused-ring (bicyclic) bond motifs is 1. The van der Waals surface area contributed by atoms with Crippen LogP contribution in [0.5, 0.6) is 0 Å². The lowest BCUT2D eigenvalue weighted by molar-refractivity contribution is -0.131. The lowest BCUT2D eigenvalue weighted by Crippen LogP contribution is -2.49. The molecule has 0 saturated carbocycles. The summed E-state index contributed by atoms with van der Waals surface area (Å²) in [5.74, 6) is 0.0887. The molecule has 1 aromatic rings. The molecule has 3 rings (SSSR count). The Kier molecular flexibility index (Phi) is 5.25. The maximum Gasteiger partial charge on any atom is 0.227 e. The highest BCUT2D eigenvalue weighted by Crippen LogP contribution is 2.23. The second kappa shape index (κ2) is 7.23. The number of benzene rings is 1. The number of carbonyl (C=O) groups is 1. The first-order valence-electron chi connectivity index (χ1n) is 8.76. The molecule has 1 unspecified atom stereocenters. The molecular formula is C18H26N2O3S.